The van der Waals surface area contributed by atoms with Crippen LogP contribution in [0.25, 0.3) is 22.1 Å². The Bertz CT molecular complexity index is 1010. The Morgan fingerprint density at radius 1 is 1.21 bits per heavy atom. The Labute approximate surface area is 141 Å². The Kier molecular flexibility index (Phi) is 3.06. The number of rotatable bonds is 3. The molecule has 7 heteroatoms. The number of aromatic amines is 1. The molecule has 0 radical (unpaired) electrons. The molecule has 1 N–H and O–H groups in total. The molecule has 1 saturated carbocycles. The highest BCUT2D eigenvalue weighted by atomic mass is 32.2. The maximum absolute atomic E-state index is 12.8. The lowest BCUT2D eigenvalue weighted by molar-refractivity contribution is 0.286. The van der Waals surface area contributed by atoms with Crippen LogP contribution < -0.4 is 0 Å². The van der Waals surface area contributed by atoms with Gasteiger partial charge in [-0.2, -0.15) is 0 Å². The number of nitrogens with zero attached hydrogens (tertiary/aromatic N) is 4. The van der Waals surface area contributed by atoms with E-state index in [2.05, 4.69) is 35.8 Å². The smallest absolute Gasteiger partial charge is 0.139 e. The lowest BCUT2D eigenvalue weighted by Gasteiger charge is -2.34. The number of aromatic nitrogens is 4. The van der Waals surface area contributed by atoms with Gasteiger partial charge in [0.15, 0.2) is 0 Å². The Hall–Kier alpha value is -1.86. The number of fused-ring (bicyclic) bond motifs is 3. The summed E-state index contributed by atoms with van der Waals surface area (Å²) in [6, 6.07) is 2.45. The molecule has 1 atom stereocenters. The van der Waals surface area contributed by atoms with E-state index in [1.807, 2.05) is 18.7 Å². The molecular formula is C17H21N5OS. The predicted octanol–water partition coefficient (Wildman–Crippen LogP) is 2.34. The van der Waals surface area contributed by atoms with Crippen molar-refractivity contribution in [1.29, 1.82) is 0 Å². The van der Waals surface area contributed by atoms with E-state index in [0.29, 0.717) is 11.3 Å². The van der Waals surface area contributed by atoms with Gasteiger partial charge >= 0.3 is 0 Å². The second kappa shape index (κ2) is 5.07. The van der Waals surface area contributed by atoms with Gasteiger partial charge in [0.2, 0.25) is 0 Å². The SMILES string of the molecule is C=S(=O)(C1CC1)N1CCC(n2cnc3cnc4[nH]ccc4c32)CC1. The van der Waals surface area contributed by atoms with Crippen molar-refractivity contribution in [2.75, 3.05) is 13.1 Å². The van der Waals surface area contributed by atoms with Crippen LogP contribution in [-0.4, -0.2) is 52.2 Å². The van der Waals surface area contributed by atoms with Gasteiger partial charge in [0.25, 0.3) is 0 Å². The van der Waals surface area contributed by atoms with Gasteiger partial charge in [-0.1, -0.05) is 0 Å². The summed E-state index contributed by atoms with van der Waals surface area (Å²) in [5, 5.41) is 1.44. The lowest BCUT2D eigenvalue weighted by Crippen LogP contribution is -2.40. The van der Waals surface area contributed by atoms with E-state index < -0.39 is 9.71 Å². The van der Waals surface area contributed by atoms with E-state index in [1.165, 1.54) is 0 Å². The van der Waals surface area contributed by atoms with E-state index in [4.69, 9.17) is 0 Å². The van der Waals surface area contributed by atoms with Gasteiger partial charge in [0.1, 0.15) is 11.2 Å². The van der Waals surface area contributed by atoms with Crippen LogP contribution in [0.15, 0.2) is 24.8 Å². The quantitative estimate of drug-likeness (QED) is 0.742. The van der Waals surface area contributed by atoms with Crippen LogP contribution in [0, 0.1) is 0 Å². The molecule has 24 heavy (non-hydrogen) atoms. The number of hydrogen-bond donors (Lipinski definition) is 1. The highest BCUT2D eigenvalue weighted by Crippen LogP contribution is 2.35. The molecule has 3 aromatic rings. The third-order valence-electron chi connectivity index (χ3n) is 5.42. The molecule has 0 spiro atoms. The molecule has 5 rings (SSSR count). The van der Waals surface area contributed by atoms with Crippen LogP contribution >= 0.6 is 0 Å². The first kappa shape index (κ1) is 14.5. The van der Waals surface area contributed by atoms with Crippen molar-refractivity contribution >= 4 is 37.6 Å². The van der Waals surface area contributed by atoms with E-state index in [1.54, 1.807) is 0 Å². The number of piperidine rings is 1. The molecule has 4 heterocycles. The topological polar surface area (TPSA) is 66.8 Å². The average Bonchev–Trinajstić information content (AvgIpc) is 3.20. The summed E-state index contributed by atoms with van der Waals surface area (Å²) < 4.78 is 17.2. The summed E-state index contributed by atoms with van der Waals surface area (Å²) in [6.45, 7) is 1.70. The van der Waals surface area contributed by atoms with Crippen LogP contribution in [0.4, 0.5) is 0 Å². The second-order valence-corrected chi connectivity index (χ2v) is 9.50. The first-order valence-electron chi connectivity index (χ1n) is 8.54. The van der Waals surface area contributed by atoms with Crippen LogP contribution in [-0.2, 0) is 9.71 Å². The third-order valence-corrected chi connectivity index (χ3v) is 8.17. The molecule has 1 saturated heterocycles. The zero-order valence-electron chi connectivity index (χ0n) is 13.5. The van der Waals surface area contributed by atoms with E-state index in [9.17, 15) is 4.21 Å². The largest absolute Gasteiger partial charge is 0.346 e. The molecule has 0 bridgehead atoms. The maximum Gasteiger partial charge on any atom is 0.139 e. The summed E-state index contributed by atoms with van der Waals surface area (Å²) in [6.07, 6.45) is 9.80. The molecular weight excluding hydrogens is 322 g/mol. The molecule has 126 valence electrons. The summed E-state index contributed by atoms with van der Waals surface area (Å²) in [7, 11) is -2.06. The van der Waals surface area contributed by atoms with E-state index in [0.717, 1.165) is 60.8 Å². The molecule has 0 aromatic carbocycles. The van der Waals surface area contributed by atoms with Crippen molar-refractivity contribution in [2.24, 2.45) is 0 Å². The van der Waals surface area contributed by atoms with Gasteiger partial charge < -0.3 is 9.55 Å². The minimum atomic E-state index is -2.06. The number of imidazole rings is 1. The Morgan fingerprint density at radius 2 is 2.00 bits per heavy atom. The molecule has 6 nitrogen and oxygen atoms in total. The van der Waals surface area contributed by atoms with Crippen molar-refractivity contribution in [3.63, 3.8) is 0 Å². The summed E-state index contributed by atoms with van der Waals surface area (Å²) in [5.74, 6) is 4.05. The zero-order valence-corrected chi connectivity index (χ0v) is 14.3. The van der Waals surface area contributed by atoms with Gasteiger partial charge in [-0.3, -0.25) is 4.21 Å². The van der Waals surface area contributed by atoms with Gasteiger partial charge in [0, 0.05) is 45.7 Å². The van der Waals surface area contributed by atoms with Gasteiger partial charge in [-0.05, 0) is 37.6 Å². The highest BCUT2D eigenvalue weighted by molar-refractivity contribution is 7.99. The van der Waals surface area contributed by atoms with Crippen molar-refractivity contribution in [3.05, 3.63) is 24.8 Å². The van der Waals surface area contributed by atoms with Crippen LogP contribution in [0.5, 0.6) is 0 Å². The second-order valence-electron chi connectivity index (χ2n) is 6.93. The Balaban J connectivity index is 1.46. The van der Waals surface area contributed by atoms with E-state index >= 15 is 0 Å². The number of H-pyrrole nitrogens is 1. The fourth-order valence-electron chi connectivity index (χ4n) is 3.88. The number of pyridine rings is 1. The molecule has 2 fully saturated rings. The number of nitrogens with one attached hydrogen (secondary N) is 1. The van der Waals surface area contributed by atoms with Crippen molar-refractivity contribution in [2.45, 2.75) is 37.0 Å². The normalized spacial score (nSPS) is 23.0. The molecule has 1 unspecified atom stereocenters. The zero-order chi connectivity index (χ0) is 16.3. The molecule has 1 aliphatic carbocycles. The standard InChI is InChI=1S/C17H21N5OS/c1-24(23,13-2-3-13)21-8-5-12(6-9-21)22-11-20-15-10-19-17-14(16(15)22)4-7-18-17/h4,7,10-13H,1-3,5-6,8-9H2,(H,18,19). The predicted molar refractivity (Wildman–Crippen MR) is 97.5 cm³/mol. The fraction of sp³-hybridized carbons (Fsp3) is 0.471. The van der Waals surface area contributed by atoms with Crippen LogP contribution in [0.2, 0.25) is 0 Å². The minimum absolute atomic E-state index is 0.327. The molecule has 1 aliphatic heterocycles. The molecule has 3 aromatic heterocycles. The fourth-order valence-corrected chi connectivity index (χ4v) is 6.01. The first-order valence-corrected chi connectivity index (χ1v) is 10.3. The first-order chi connectivity index (χ1) is 11.6. The molecule has 0 amide bonds. The van der Waals surface area contributed by atoms with Crippen LogP contribution in [0.1, 0.15) is 31.7 Å². The monoisotopic (exact) mass is 343 g/mol. The number of hydrogen-bond acceptors (Lipinski definition) is 3. The molecule has 2 aliphatic rings. The van der Waals surface area contributed by atoms with E-state index in [-0.39, 0.29) is 0 Å². The van der Waals surface area contributed by atoms with Gasteiger partial charge in [-0.15, -0.1) is 0 Å². The van der Waals surface area contributed by atoms with Gasteiger partial charge in [0.05, 0.1) is 18.0 Å². The lowest BCUT2D eigenvalue weighted by atomic mass is 10.1. The van der Waals surface area contributed by atoms with Crippen molar-refractivity contribution in [3.8, 4) is 0 Å². The van der Waals surface area contributed by atoms with Crippen molar-refractivity contribution in [1.82, 2.24) is 23.8 Å². The summed E-state index contributed by atoms with van der Waals surface area (Å²) in [4.78, 5) is 12.1. The van der Waals surface area contributed by atoms with Gasteiger partial charge in [-0.25, -0.2) is 14.3 Å². The Morgan fingerprint density at radius 3 is 2.75 bits per heavy atom. The van der Waals surface area contributed by atoms with Crippen LogP contribution in [0.3, 0.4) is 0 Å². The average molecular weight is 343 g/mol. The maximum atomic E-state index is 12.8. The highest BCUT2D eigenvalue weighted by Gasteiger charge is 2.36. The third kappa shape index (κ3) is 2.11. The minimum Gasteiger partial charge on any atom is -0.346 e. The van der Waals surface area contributed by atoms with Crippen molar-refractivity contribution < 1.29 is 4.21 Å². The summed E-state index contributed by atoms with van der Waals surface area (Å²) in [5.41, 5.74) is 2.98. The summed E-state index contributed by atoms with van der Waals surface area (Å²) >= 11 is 0.